The predicted octanol–water partition coefficient (Wildman–Crippen LogP) is 3.04. The minimum atomic E-state index is -0.191. The zero-order chi connectivity index (χ0) is 21.6. The summed E-state index contributed by atoms with van der Waals surface area (Å²) in [4.78, 5) is 31.8. The fraction of sp³-hybridized carbons (Fsp3) is 0.500. The van der Waals surface area contributed by atoms with Crippen LogP contribution in [0.5, 0.6) is 5.75 Å². The number of hydrogen-bond donors (Lipinski definition) is 2. The van der Waals surface area contributed by atoms with Gasteiger partial charge in [-0.3, -0.25) is 9.59 Å². The molecule has 2 N–H and O–H groups in total. The van der Waals surface area contributed by atoms with Gasteiger partial charge < -0.3 is 25.0 Å². The summed E-state index contributed by atoms with van der Waals surface area (Å²) in [5.41, 5.74) is 1.18. The molecular formula is C22H28N4O4S. The van der Waals surface area contributed by atoms with Gasteiger partial charge in [-0.2, -0.15) is 0 Å². The Morgan fingerprint density at radius 1 is 1.29 bits per heavy atom. The van der Waals surface area contributed by atoms with E-state index in [9.17, 15) is 9.59 Å². The minimum Gasteiger partial charge on any atom is -0.495 e. The van der Waals surface area contributed by atoms with Crippen molar-refractivity contribution in [2.75, 3.05) is 38.7 Å². The summed E-state index contributed by atoms with van der Waals surface area (Å²) >= 11 is 1.37. The average Bonchev–Trinajstić information content (AvgIpc) is 3.50. The number of benzene rings is 1. The van der Waals surface area contributed by atoms with Crippen LogP contribution in [0.2, 0.25) is 0 Å². The van der Waals surface area contributed by atoms with Crippen LogP contribution in [-0.4, -0.2) is 61.2 Å². The van der Waals surface area contributed by atoms with E-state index in [-0.39, 0.29) is 23.8 Å². The summed E-state index contributed by atoms with van der Waals surface area (Å²) in [6.07, 6.45) is 3.76. The SMILES string of the molecule is COc1ccccc1Nc1nc(C(=O)N2CCC[C@@H](C(=O)NC[C@H]3CCCO3)C2)cs1. The first kappa shape index (κ1) is 21.6. The van der Waals surface area contributed by atoms with Gasteiger partial charge in [0.15, 0.2) is 5.13 Å². The van der Waals surface area contributed by atoms with Crippen molar-refractivity contribution in [1.82, 2.24) is 15.2 Å². The Bertz CT molecular complexity index is 912. The number of carbonyl (C=O) groups excluding carboxylic acids is 2. The number of likely N-dealkylation sites (tertiary alicyclic amines) is 1. The third-order valence-electron chi connectivity index (χ3n) is 5.68. The van der Waals surface area contributed by atoms with Crippen molar-refractivity contribution in [2.24, 2.45) is 5.92 Å². The summed E-state index contributed by atoms with van der Waals surface area (Å²) in [7, 11) is 1.61. The number of nitrogens with one attached hydrogen (secondary N) is 2. The molecule has 2 aliphatic rings. The van der Waals surface area contributed by atoms with E-state index in [1.807, 2.05) is 24.3 Å². The van der Waals surface area contributed by atoms with Crippen LogP contribution in [-0.2, 0) is 9.53 Å². The second-order valence-electron chi connectivity index (χ2n) is 7.83. The number of nitrogens with zero attached hydrogens (tertiary/aromatic N) is 2. The number of methoxy groups -OCH3 is 1. The molecule has 2 amide bonds. The molecule has 0 radical (unpaired) electrons. The molecule has 8 nitrogen and oxygen atoms in total. The van der Waals surface area contributed by atoms with Crippen LogP contribution in [0.4, 0.5) is 10.8 Å². The molecule has 2 saturated heterocycles. The third kappa shape index (κ3) is 5.34. The Morgan fingerprint density at radius 3 is 2.97 bits per heavy atom. The molecule has 9 heteroatoms. The van der Waals surface area contributed by atoms with Crippen LogP contribution in [0, 0.1) is 5.92 Å². The lowest BCUT2D eigenvalue weighted by Gasteiger charge is -2.31. The van der Waals surface area contributed by atoms with E-state index in [0.717, 1.165) is 38.0 Å². The van der Waals surface area contributed by atoms with Crippen LogP contribution >= 0.6 is 11.3 Å². The van der Waals surface area contributed by atoms with Crippen molar-refractivity contribution in [1.29, 1.82) is 0 Å². The van der Waals surface area contributed by atoms with Gasteiger partial charge in [0.25, 0.3) is 5.91 Å². The van der Waals surface area contributed by atoms with Gasteiger partial charge in [-0.25, -0.2) is 4.98 Å². The molecule has 0 bridgehead atoms. The Hall–Kier alpha value is -2.65. The molecule has 0 aliphatic carbocycles. The number of amides is 2. The molecule has 0 saturated carbocycles. The normalized spacial score (nSPS) is 21.0. The Kier molecular flexibility index (Phi) is 7.03. The summed E-state index contributed by atoms with van der Waals surface area (Å²) in [6.45, 7) is 2.38. The maximum Gasteiger partial charge on any atom is 0.273 e. The van der Waals surface area contributed by atoms with E-state index in [2.05, 4.69) is 15.6 Å². The molecule has 166 valence electrons. The molecule has 2 fully saturated rings. The van der Waals surface area contributed by atoms with E-state index in [0.29, 0.717) is 36.2 Å². The zero-order valence-electron chi connectivity index (χ0n) is 17.6. The number of anilines is 2. The highest BCUT2D eigenvalue weighted by Gasteiger charge is 2.30. The summed E-state index contributed by atoms with van der Waals surface area (Å²) < 4.78 is 10.9. The first-order valence-electron chi connectivity index (χ1n) is 10.7. The smallest absolute Gasteiger partial charge is 0.273 e. The molecule has 1 aromatic carbocycles. The maximum atomic E-state index is 13.0. The quantitative estimate of drug-likeness (QED) is 0.682. The zero-order valence-corrected chi connectivity index (χ0v) is 18.5. The fourth-order valence-corrected chi connectivity index (χ4v) is 4.69. The second kappa shape index (κ2) is 10.1. The van der Waals surface area contributed by atoms with Gasteiger partial charge in [0.05, 0.1) is 24.8 Å². The molecule has 2 aromatic rings. The van der Waals surface area contributed by atoms with Crippen molar-refractivity contribution < 1.29 is 19.1 Å². The van der Waals surface area contributed by atoms with Crippen LogP contribution < -0.4 is 15.4 Å². The summed E-state index contributed by atoms with van der Waals surface area (Å²) in [5, 5.41) is 8.58. The lowest BCUT2D eigenvalue weighted by Crippen LogP contribution is -2.46. The number of hydrogen-bond acceptors (Lipinski definition) is 7. The Balaban J connectivity index is 1.34. The third-order valence-corrected chi connectivity index (χ3v) is 6.44. The standard InChI is InChI=1S/C22H28N4O4S/c1-29-19-9-3-2-8-17(19)24-22-25-18(14-31-22)21(28)26-10-4-6-15(13-26)20(27)23-12-16-7-5-11-30-16/h2-3,8-9,14-16H,4-7,10-13H2,1H3,(H,23,27)(H,24,25)/t15-,16-/m1/s1. The topological polar surface area (TPSA) is 92.8 Å². The highest BCUT2D eigenvalue weighted by molar-refractivity contribution is 7.14. The first-order chi connectivity index (χ1) is 15.1. The summed E-state index contributed by atoms with van der Waals surface area (Å²) in [6, 6.07) is 7.55. The van der Waals surface area contributed by atoms with Gasteiger partial charge in [-0.05, 0) is 37.8 Å². The number of para-hydroxylation sites is 2. The molecule has 2 aliphatic heterocycles. The van der Waals surface area contributed by atoms with Crippen molar-refractivity contribution in [3.63, 3.8) is 0 Å². The lowest BCUT2D eigenvalue weighted by molar-refractivity contribution is -0.126. The van der Waals surface area contributed by atoms with Gasteiger partial charge in [0, 0.05) is 31.6 Å². The van der Waals surface area contributed by atoms with E-state index < -0.39 is 0 Å². The number of thiazole rings is 1. The summed E-state index contributed by atoms with van der Waals surface area (Å²) in [5.74, 6) is 0.383. The van der Waals surface area contributed by atoms with Gasteiger partial charge in [0.2, 0.25) is 5.91 Å². The number of piperidine rings is 1. The van der Waals surface area contributed by atoms with Gasteiger partial charge >= 0.3 is 0 Å². The monoisotopic (exact) mass is 444 g/mol. The highest BCUT2D eigenvalue weighted by atomic mass is 32.1. The molecule has 3 heterocycles. The highest BCUT2D eigenvalue weighted by Crippen LogP contribution is 2.29. The molecule has 0 spiro atoms. The number of carbonyl (C=O) groups is 2. The molecule has 4 rings (SSSR count). The molecule has 1 aromatic heterocycles. The van der Waals surface area contributed by atoms with Crippen molar-refractivity contribution >= 4 is 34.0 Å². The van der Waals surface area contributed by atoms with E-state index in [1.165, 1.54) is 11.3 Å². The molecule has 0 unspecified atom stereocenters. The van der Waals surface area contributed by atoms with E-state index in [4.69, 9.17) is 9.47 Å². The van der Waals surface area contributed by atoms with Crippen LogP contribution in [0.15, 0.2) is 29.6 Å². The molecule has 2 atom stereocenters. The van der Waals surface area contributed by atoms with Gasteiger partial charge in [0.1, 0.15) is 11.4 Å². The lowest BCUT2D eigenvalue weighted by atomic mass is 9.97. The largest absolute Gasteiger partial charge is 0.495 e. The van der Waals surface area contributed by atoms with Crippen molar-refractivity contribution in [3.05, 3.63) is 35.3 Å². The molecular weight excluding hydrogens is 416 g/mol. The number of rotatable bonds is 7. The predicted molar refractivity (Wildman–Crippen MR) is 119 cm³/mol. The Labute approximate surface area is 185 Å². The number of ether oxygens (including phenoxy) is 2. The average molecular weight is 445 g/mol. The number of aromatic nitrogens is 1. The van der Waals surface area contributed by atoms with Crippen molar-refractivity contribution in [2.45, 2.75) is 31.8 Å². The minimum absolute atomic E-state index is 0.00445. The fourth-order valence-electron chi connectivity index (χ4n) is 3.99. The van der Waals surface area contributed by atoms with Gasteiger partial charge in [-0.1, -0.05) is 12.1 Å². The maximum absolute atomic E-state index is 13.0. The van der Waals surface area contributed by atoms with E-state index >= 15 is 0 Å². The second-order valence-corrected chi connectivity index (χ2v) is 8.69. The van der Waals surface area contributed by atoms with E-state index in [1.54, 1.807) is 17.4 Å². The Morgan fingerprint density at radius 2 is 2.16 bits per heavy atom. The van der Waals surface area contributed by atoms with Gasteiger partial charge in [-0.15, -0.1) is 11.3 Å². The van der Waals surface area contributed by atoms with Crippen LogP contribution in [0.1, 0.15) is 36.2 Å². The van der Waals surface area contributed by atoms with Crippen molar-refractivity contribution in [3.8, 4) is 5.75 Å². The van der Waals surface area contributed by atoms with Crippen LogP contribution in [0.25, 0.3) is 0 Å². The molecule has 31 heavy (non-hydrogen) atoms. The first-order valence-corrected chi connectivity index (χ1v) is 11.6. The van der Waals surface area contributed by atoms with Crippen LogP contribution in [0.3, 0.4) is 0 Å².